The summed E-state index contributed by atoms with van der Waals surface area (Å²) in [6.45, 7) is 10.1. The number of esters is 1. The molecule has 144 valence electrons. The van der Waals surface area contributed by atoms with Gasteiger partial charge in [-0.3, -0.25) is 0 Å². The Bertz CT molecular complexity index is 330. The molecular formula is C20H40ClNO2. The number of nitrogens with zero attached hydrogens (tertiary/aromatic N) is 1. The van der Waals surface area contributed by atoms with Crippen LogP contribution in [0.5, 0.6) is 0 Å². The summed E-state index contributed by atoms with van der Waals surface area (Å²) in [4.78, 5) is 11.3. The molecule has 0 saturated heterocycles. The van der Waals surface area contributed by atoms with Crippen LogP contribution in [0.1, 0.15) is 78.1 Å². The van der Waals surface area contributed by atoms with Crippen LogP contribution in [0.15, 0.2) is 12.2 Å². The van der Waals surface area contributed by atoms with E-state index in [1.807, 2.05) is 0 Å². The van der Waals surface area contributed by atoms with Crippen LogP contribution in [-0.4, -0.2) is 44.2 Å². The molecule has 0 radical (unpaired) electrons. The van der Waals surface area contributed by atoms with Gasteiger partial charge in [-0.2, -0.15) is 0 Å². The van der Waals surface area contributed by atoms with Crippen LogP contribution in [-0.2, 0) is 9.53 Å². The molecule has 0 saturated carbocycles. The van der Waals surface area contributed by atoms with Crippen molar-refractivity contribution in [2.45, 2.75) is 78.1 Å². The molecule has 4 heteroatoms. The number of hydrogen-bond donors (Lipinski definition) is 0. The molecule has 0 atom stereocenters. The number of carbonyl (C=O) groups is 1. The molecule has 0 aromatic rings. The van der Waals surface area contributed by atoms with Gasteiger partial charge in [-0.15, -0.1) is 0 Å². The SMILES string of the molecule is C=C(C)C(=O)OCC[N+](C)(C)CCCCCCCCCCCC.[Cl-]. The quantitative estimate of drug-likeness (QED) is 0.193. The van der Waals surface area contributed by atoms with Crippen molar-refractivity contribution in [1.29, 1.82) is 0 Å². The Morgan fingerprint density at radius 1 is 0.875 bits per heavy atom. The van der Waals surface area contributed by atoms with Crippen molar-refractivity contribution >= 4 is 5.97 Å². The standard InChI is InChI=1S/C20H40NO2.ClH/c1-6-7-8-9-10-11-12-13-14-15-16-21(4,5)17-18-23-20(22)19(2)3;/h2,6-18H2,1,3-5H3;1H/q+1;/p-1. The summed E-state index contributed by atoms with van der Waals surface area (Å²) < 4.78 is 6.10. The van der Waals surface area contributed by atoms with Gasteiger partial charge in [0.05, 0.1) is 20.6 Å². The molecule has 0 fully saturated rings. The Morgan fingerprint density at radius 3 is 1.79 bits per heavy atom. The molecule has 0 bridgehead atoms. The van der Waals surface area contributed by atoms with Crippen molar-refractivity contribution < 1.29 is 26.4 Å². The zero-order valence-electron chi connectivity index (χ0n) is 16.5. The first-order chi connectivity index (χ1) is 10.9. The first-order valence-electron chi connectivity index (χ1n) is 9.53. The van der Waals surface area contributed by atoms with Crippen molar-refractivity contribution in [2.24, 2.45) is 0 Å². The van der Waals surface area contributed by atoms with E-state index in [-0.39, 0.29) is 18.4 Å². The van der Waals surface area contributed by atoms with Crippen molar-refractivity contribution in [3.8, 4) is 0 Å². The molecule has 0 N–H and O–H groups in total. The maximum absolute atomic E-state index is 11.3. The van der Waals surface area contributed by atoms with Gasteiger partial charge < -0.3 is 21.6 Å². The van der Waals surface area contributed by atoms with Crippen LogP contribution in [0.2, 0.25) is 0 Å². The minimum atomic E-state index is -0.274. The minimum Gasteiger partial charge on any atom is -1.00 e. The lowest BCUT2D eigenvalue weighted by molar-refractivity contribution is -0.890. The van der Waals surface area contributed by atoms with Crippen molar-refractivity contribution in [2.75, 3.05) is 33.8 Å². The van der Waals surface area contributed by atoms with E-state index in [2.05, 4.69) is 27.6 Å². The highest BCUT2D eigenvalue weighted by atomic mass is 35.5. The maximum Gasteiger partial charge on any atom is 0.333 e. The van der Waals surface area contributed by atoms with E-state index in [4.69, 9.17) is 4.74 Å². The zero-order chi connectivity index (χ0) is 17.6. The lowest BCUT2D eigenvalue weighted by Crippen LogP contribution is -3.00. The number of likely N-dealkylation sites (N-methyl/N-ethyl adjacent to an activating group) is 1. The number of unbranched alkanes of at least 4 members (excludes halogenated alkanes) is 9. The predicted molar refractivity (Wildman–Crippen MR) is 99.5 cm³/mol. The summed E-state index contributed by atoms with van der Waals surface area (Å²) in [5, 5.41) is 0. The molecule has 0 amide bonds. The number of quaternary nitrogens is 1. The molecular weight excluding hydrogens is 322 g/mol. The van der Waals surface area contributed by atoms with Crippen LogP contribution in [0.4, 0.5) is 0 Å². The van der Waals surface area contributed by atoms with Gasteiger partial charge in [0, 0.05) is 5.57 Å². The van der Waals surface area contributed by atoms with E-state index in [1.54, 1.807) is 6.92 Å². The summed E-state index contributed by atoms with van der Waals surface area (Å²) in [5.41, 5.74) is 0.477. The fourth-order valence-corrected chi connectivity index (χ4v) is 2.65. The fraction of sp³-hybridized carbons (Fsp3) is 0.850. The number of halogens is 1. The maximum atomic E-state index is 11.3. The Labute approximate surface area is 156 Å². The average molecular weight is 362 g/mol. The predicted octanol–water partition coefficient (Wildman–Crippen LogP) is 2.11. The average Bonchev–Trinajstić information content (AvgIpc) is 2.48. The Balaban J connectivity index is 0. The topological polar surface area (TPSA) is 26.3 Å². The summed E-state index contributed by atoms with van der Waals surface area (Å²) in [6, 6.07) is 0. The van der Waals surface area contributed by atoms with E-state index in [1.165, 1.54) is 64.2 Å². The van der Waals surface area contributed by atoms with E-state index < -0.39 is 0 Å². The van der Waals surface area contributed by atoms with Crippen molar-refractivity contribution in [1.82, 2.24) is 0 Å². The second-order valence-corrected chi connectivity index (χ2v) is 7.48. The summed E-state index contributed by atoms with van der Waals surface area (Å²) in [5.74, 6) is -0.274. The van der Waals surface area contributed by atoms with Crippen molar-refractivity contribution in [3.63, 3.8) is 0 Å². The normalized spacial score (nSPS) is 11.0. The molecule has 0 aromatic heterocycles. The van der Waals surface area contributed by atoms with E-state index in [0.29, 0.717) is 12.2 Å². The molecule has 0 heterocycles. The van der Waals surface area contributed by atoms with Crippen LogP contribution in [0, 0.1) is 0 Å². The molecule has 3 nitrogen and oxygen atoms in total. The molecule has 0 rings (SSSR count). The van der Waals surface area contributed by atoms with Crippen LogP contribution in [0.25, 0.3) is 0 Å². The third kappa shape index (κ3) is 16.3. The summed E-state index contributed by atoms with van der Waals surface area (Å²) in [6.07, 6.45) is 13.7. The number of carbonyl (C=O) groups excluding carboxylic acids is 1. The summed E-state index contributed by atoms with van der Waals surface area (Å²) >= 11 is 0. The third-order valence-corrected chi connectivity index (χ3v) is 4.40. The molecule has 24 heavy (non-hydrogen) atoms. The van der Waals surface area contributed by atoms with Gasteiger partial charge in [0.1, 0.15) is 13.2 Å². The van der Waals surface area contributed by atoms with Crippen LogP contribution >= 0.6 is 0 Å². The molecule has 0 unspecified atom stereocenters. The monoisotopic (exact) mass is 361 g/mol. The van der Waals surface area contributed by atoms with Crippen LogP contribution in [0.3, 0.4) is 0 Å². The lowest BCUT2D eigenvalue weighted by Gasteiger charge is -2.29. The van der Waals surface area contributed by atoms with Crippen molar-refractivity contribution in [3.05, 3.63) is 12.2 Å². The van der Waals surface area contributed by atoms with E-state index >= 15 is 0 Å². The number of rotatable bonds is 15. The van der Waals surface area contributed by atoms with Gasteiger partial charge in [-0.05, 0) is 19.8 Å². The number of ether oxygens (including phenoxy) is 1. The molecule has 0 aliphatic rings. The van der Waals surface area contributed by atoms with Gasteiger partial charge >= 0.3 is 5.97 Å². The van der Waals surface area contributed by atoms with Gasteiger partial charge in [-0.1, -0.05) is 64.9 Å². The molecule has 0 aliphatic carbocycles. The summed E-state index contributed by atoms with van der Waals surface area (Å²) in [7, 11) is 4.42. The fourth-order valence-electron chi connectivity index (χ4n) is 2.65. The second kappa shape index (κ2) is 16.0. The smallest absolute Gasteiger partial charge is 0.333 e. The Kier molecular flexibility index (Phi) is 17.1. The van der Waals surface area contributed by atoms with Gasteiger partial charge in [0.15, 0.2) is 0 Å². The highest BCUT2D eigenvalue weighted by Crippen LogP contribution is 2.11. The number of hydrogen-bond acceptors (Lipinski definition) is 2. The van der Waals surface area contributed by atoms with Gasteiger partial charge in [0.25, 0.3) is 0 Å². The third-order valence-electron chi connectivity index (χ3n) is 4.40. The van der Waals surface area contributed by atoms with E-state index in [0.717, 1.165) is 17.6 Å². The zero-order valence-corrected chi connectivity index (χ0v) is 17.3. The second-order valence-electron chi connectivity index (χ2n) is 7.48. The Hall–Kier alpha value is -0.540. The highest BCUT2D eigenvalue weighted by molar-refractivity contribution is 5.86. The minimum absolute atomic E-state index is 0. The first-order valence-corrected chi connectivity index (χ1v) is 9.53. The molecule has 0 aromatic carbocycles. The largest absolute Gasteiger partial charge is 1.00 e. The van der Waals surface area contributed by atoms with Gasteiger partial charge in [-0.25, -0.2) is 4.79 Å². The van der Waals surface area contributed by atoms with Gasteiger partial charge in [0.2, 0.25) is 0 Å². The van der Waals surface area contributed by atoms with E-state index in [9.17, 15) is 4.79 Å². The molecule has 0 spiro atoms. The lowest BCUT2D eigenvalue weighted by atomic mass is 10.1. The molecule has 0 aliphatic heterocycles. The Morgan fingerprint density at radius 2 is 1.33 bits per heavy atom. The highest BCUT2D eigenvalue weighted by Gasteiger charge is 2.15. The first kappa shape index (κ1) is 25.7. The van der Waals surface area contributed by atoms with Crippen LogP contribution < -0.4 is 12.4 Å².